The van der Waals surface area contributed by atoms with Crippen LogP contribution in [0.2, 0.25) is 0 Å². The molecule has 0 aliphatic carbocycles. The number of hydrogen-bond acceptors (Lipinski definition) is 2. The first-order valence-corrected chi connectivity index (χ1v) is 4.98. The van der Waals surface area contributed by atoms with E-state index >= 15 is 0 Å². The van der Waals surface area contributed by atoms with Crippen molar-refractivity contribution < 1.29 is 9.84 Å². The van der Waals surface area contributed by atoms with Crippen LogP contribution in [0.4, 0.5) is 0 Å². The normalized spacial score (nSPS) is 33.4. The van der Waals surface area contributed by atoms with Gasteiger partial charge in [0.15, 0.2) is 0 Å². The number of aliphatic hydroxyl groups is 1. The lowest BCUT2D eigenvalue weighted by Crippen LogP contribution is -2.35. The molecular formula is C11H20O2. The second-order valence-electron chi connectivity index (χ2n) is 4.34. The Kier molecular flexibility index (Phi) is 3.51. The Bertz CT molecular complexity index is 194. The molecule has 1 N–H and O–H groups in total. The van der Waals surface area contributed by atoms with Gasteiger partial charge in [-0.05, 0) is 26.7 Å². The van der Waals surface area contributed by atoms with Crippen LogP contribution in [0.3, 0.4) is 0 Å². The lowest BCUT2D eigenvalue weighted by molar-refractivity contribution is -0.00146. The van der Waals surface area contributed by atoms with Gasteiger partial charge in [0.25, 0.3) is 0 Å². The Morgan fingerprint density at radius 1 is 1.62 bits per heavy atom. The summed E-state index contributed by atoms with van der Waals surface area (Å²) >= 11 is 0. The van der Waals surface area contributed by atoms with E-state index < -0.39 is 5.60 Å². The Hall–Kier alpha value is -0.340. The lowest BCUT2D eigenvalue weighted by Gasteiger charge is -2.24. The third-order valence-corrected chi connectivity index (χ3v) is 2.77. The molecule has 0 radical (unpaired) electrons. The molecule has 1 aliphatic heterocycles. The molecule has 2 atom stereocenters. The van der Waals surface area contributed by atoms with E-state index in [9.17, 15) is 5.11 Å². The lowest BCUT2D eigenvalue weighted by atomic mass is 9.88. The molecule has 1 heterocycles. The molecule has 0 saturated carbocycles. The van der Waals surface area contributed by atoms with Crippen molar-refractivity contribution in [1.29, 1.82) is 0 Å². The molecule has 1 saturated heterocycles. The van der Waals surface area contributed by atoms with Gasteiger partial charge in [-0.25, -0.2) is 0 Å². The molecule has 0 amide bonds. The zero-order valence-electron chi connectivity index (χ0n) is 8.84. The van der Waals surface area contributed by atoms with Crippen LogP contribution in [-0.2, 0) is 4.74 Å². The smallest absolute Gasteiger partial charge is 0.0930 e. The van der Waals surface area contributed by atoms with Gasteiger partial charge in [0.2, 0.25) is 0 Å². The minimum atomic E-state index is -0.577. The highest BCUT2D eigenvalue weighted by molar-refractivity contribution is 4.96. The Balaban J connectivity index is 2.39. The van der Waals surface area contributed by atoms with Crippen molar-refractivity contribution in [3.05, 3.63) is 11.6 Å². The van der Waals surface area contributed by atoms with Gasteiger partial charge in [-0.1, -0.05) is 18.6 Å². The Morgan fingerprint density at radius 2 is 2.31 bits per heavy atom. The predicted molar refractivity (Wildman–Crippen MR) is 53.6 cm³/mol. The van der Waals surface area contributed by atoms with Gasteiger partial charge in [0.1, 0.15) is 0 Å². The summed E-state index contributed by atoms with van der Waals surface area (Å²) in [5.74, 6) is 0.276. The van der Waals surface area contributed by atoms with Crippen LogP contribution < -0.4 is 0 Å². The summed E-state index contributed by atoms with van der Waals surface area (Å²) in [4.78, 5) is 0. The molecule has 0 aromatic heterocycles. The van der Waals surface area contributed by atoms with E-state index in [0.717, 1.165) is 12.8 Å². The molecule has 0 aromatic carbocycles. The second kappa shape index (κ2) is 4.25. The van der Waals surface area contributed by atoms with E-state index in [1.54, 1.807) is 0 Å². The van der Waals surface area contributed by atoms with E-state index in [0.29, 0.717) is 13.2 Å². The van der Waals surface area contributed by atoms with Crippen molar-refractivity contribution in [1.82, 2.24) is 0 Å². The minimum Gasteiger partial charge on any atom is -0.387 e. The van der Waals surface area contributed by atoms with Crippen molar-refractivity contribution in [2.45, 2.75) is 39.2 Å². The number of ether oxygens (including phenoxy) is 1. The predicted octanol–water partition coefficient (Wildman–Crippen LogP) is 2.13. The zero-order chi connectivity index (χ0) is 9.90. The van der Waals surface area contributed by atoms with Crippen LogP contribution in [0.15, 0.2) is 11.6 Å². The van der Waals surface area contributed by atoms with Gasteiger partial charge >= 0.3 is 0 Å². The van der Waals surface area contributed by atoms with Crippen molar-refractivity contribution in [3.63, 3.8) is 0 Å². The van der Waals surface area contributed by atoms with Gasteiger partial charge in [0, 0.05) is 5.92 Å². The highest BCUT2D eigenvalue weighted by atomic mass is 16.5. The third-order valence-electron chi connectivity index (χ3n) is 2.77. The monoisotopic (exact) mass is 184 g/mol. The standard InChI is InChI=1S/C11H20O2/c1-9(2)5-4-6-11(12)8-13-7-10(11)3/h5,10,12H,4,6-8H2,1-3H3. The van der Waals surface area contributed by atoms with Crippen LogP contribution in [0, 0.1) is 5.92 Å². The fraction of sp³-hybridized carbons (Fsp3) is 0.818. The molecule has 0 spiro atoms. The average molecular weight is 184 g/mol. The first-order chi connectivity index (χ1) is 6.04. The molecule has 1 fully saturated rings. The molecule has 2 heteroatoms. The first kappa shape index (κ1) is 10.7. The SMILES string of the molecule is CC(C)=CCCC1(O)COCC1C. The summed E-state index contributed by atoms with van der Waals surface area (Å²) in [5.41, 5.74) is 0.738. The summed E-state index contributed by atoms with van der Waals surface area (Å²) in [6, 6.07) is 0. The minimum absolute atomic E-state index is 0.276. The fourth-order valence-electron chi connectivity index (χ4n) is 1.64. The van der Waals surface area contributed by atoms with Crippen LogP contribution in [0.5, 0.6) is 0 Å². The number of allylic oxidation sites excluding steroid dienone is 2. The van der Waals surface area contributed by atoms with Crippen LogP contribution >= 0.6 is 0 Å². The molecule has 0 aromatic rings. The van der Waals surface area contributed by atoms with Crippen molar-refractivity contribution >= 4 is 0 Å². The number of hydrogen-bond donors (Lipinski definition) is 1. The highest BCUT2D eigenvalue weighted by Gasteiger charge is 2.38. The quantitative estimate of drug-likeness (QED) is 0.681. The summed E-state index contributed by atoms with van der Waals surface area (Å²) < 4.78 is 5.26. The Labute approximate surface area is 80.6 Å². The molecule has 2 nitrogen and oxygen atoms in total. The molecule has 2 unspecified atom stereocenters. The van der Waals surface area contributed by atoms with E-state index in [2.05, 4.69) is 26.8 Å². The molecule has 13 heavy (non-hydrogen) atoms. The Morgan fingerprint density at radius 3 is 2.77 bits per heavy atom. The maximum atomic E-state index is 10.1. The third kappa shape index (κ3) is 2.82. The van der Waals surface area contributed by atoms with E-state index in [4.69, 9.17) is 4.74 Å². The first-order valence-electron chi connectivity index (χ1n) is 4.98. The van der Waals surface area contributed by atoms with E-state index in [1.807, 2.05) is 0 Å². The van der Waals surface area contributed by atoms with Gasteiger partial charge in [-0.15, -0.1) is 0 Å². The molecule has 0 bridgehead atoms. The van der Waals surface area contributed by atoms with Crippen molar-refractivity contribution in [3.8, 4) is 0 Å². The highest BCUT2D eigenvalue weighted by Crippen LogP contribution is 2.29. The van der Waals surface area contributed by atoms with Gasteiger partial charge in [-0.2, -0.15) is 0 Å². The maximum absolute atomic E-state index is 10.1. The molecule has 1 rings (SSSR count). The number of rotatable bonds is 3. The second-order valence-corrected chi connectivity index (χ2v) is 4.34. The summed E-state index contributed by atoms with van der Waals surface area (Å²) in [5, 5.41) is 10.1. The van der Waals surface area contributed by atoms with Gasteiger partial charge in [-0.3, -0.25) is 0 Å². The van der Waals surface area contributed by atoms with E-state index in [1.165, 1.54) is 5.57 Å². The van der Waals surface area contributed by atoms with Crippen molar-refractivity contribution in [2.24, 2.45) is 5.92 Å². The van der Waals surface area contributed by atoms with Crippen LogP contribution in [-0.4, -0.2) is 23.9 Å². The van der Waals surface area contributed by atoms with E-state index in [-0.39, 0.29) is 5.92 Å². The molecule has 76 valence electrons. The summed E-state index contributed by atoms with van der Waals surface area (Å²) in [7, 11) is 0. The fourth-order valence-corrected chi connectivity index (χ4v) is 1.64. The van der Waals surface area contributed by atoms with Crippen LogP contribution in [0.25, 0.3) is 0 Å². The van der Waals surface area contributed by atoms with Crippen molar-refractivity contribution in [2.75, 3.05) is 13.2 Å². The average Bonchev–Trinajstić information content (AvgIpc) is 2.32. The molecule has 1 aliphatic rings. The van der Waals surface area contributed by atoms with Gasteiger partial charge < -0.3 is 9.84 Å². The zero-order valence-corrected chi connectivity index (χ0v) is 8.84. The molecular weight excluding hydrogens is 164 g/mol. The topological polar surface area (TPSA) is 29.5 Å². The largest absolute Gasteiger partial charge is 0.387 e. The summed E-state index contributed by atoms with van der Waals surface area (Å²) in [6.07, 6.45) is 3.94. The summed E-state index contributed by atoms with van der Waals surface area (Å²) in [6.45, 7) is 7.42. The van der Waals surface area contributed by atoms with Crippen LogP contribution in [0.1, 0.15) is 33.6 Å². The van der Waals surface area contributed by atoms with Gasteiger partial charge in [0.05, 0.1) is 18.8 Å². The maximum Gasteiger partial charge on any atom is 0.0930 e.